The zero-order valence-corrected chi connectivity index (χ0v) is 12.8. The normalized spacial score (nSPS) is 42.0. The fourth-order valence-electron chi connectivity index (χ4n) is 5.66. The van der Waals surface area contributed by atoms with E-state index in [4.69, 9.17) is 4.74 Å². The Bertz CT molecular complexity index is 715. The van der Waals surface area contributed by atoms with Gasteiger partial charge in [0.05, 0.1) is 11.0 Å². The Morgan fingerprint density at radius 3 is 3.00 bits per heavy atom. The molecule has 1 aromatic rings. The molecule has 1 spiro atoms. The van der Waals surface area contributed by atoms with Crippen LogP contribution in [0.2, 0.25) is 0 Å². The second kappa shape index (κ2) is 3.69. The summed E-state index contributed by atoms with van der Waals surface area (Å²) in [4.78, 5) is 2.30. The Morgan fingerprint density at radius 2 is 2.18 bits per heavy atom. The molecular weight excluding hydrogens is 278 g/mol. The minimum absolute atomic E-state index is 0.114. The van der Waals surface area contributed by atoms with Gasteiger partial charge in [-0.3, -0.25) is 0 Å². The van der Waals surface area contributed by atoms with E-state index in [1.54, 1.807) is 6.07 Å². The number of aromatic hydroxyl groups is 1. The predicted molar refractivity (Wildman–Crippen MR) is 82.3 cm³/mol. The standard InChI is InChI=1S/C18H21NO3/c1-10-5-6-18(21)13-9-11-3-4-12(20)15-14(11)17(18,16(10)22-15)7-8-19(13)2/h3-4,13,16,20-21H,1,5-9H2,2H3. The average Bonchev–Trinajstić information content (AvgIpc) is 2.85. The smallest absolute Gasteiger partial charge is 0.166 e. The van der Waals surface area contributed by atoms with Gasteiger partial charge in [-0.05, 0) is 56.5 Å². The van der Waals surface area contributed by atoms with Crippen LogP contribution in [0.25, 0.3) is 0 Å². The molecule has 2 aliphatic carbocycles. The van der Waals surface area contributed by atoms with Gasteiger partial charge in [0, 0.05) is 11.6 Å². The molecule has 2 bridgehead atoms. The first-order valence-electron chi connectivity index (χ1n) is 8.11. The molecule has 2 fully saturated rings. The zero-order chi connectivity index (χ0) is 15.3. The van der Waals surface area contributed by atoms with E-state index >= 15 is 0 Å². The SMILES string of the molecule is C=C1CCC2(O)C3Cc4ccc(O)c5c4C2(CCN3C)C1O5. The molecule has 1 saturated carbocycles. The van der Waals surface area contributed by atoms with Crippen LogP contribution in [0, 0.1) is 0 Å². The van der Waals surface area contributed by atoms with E-state index in [1.807, 2.05) is 6.07 Å². The van der Waals surface area contributed by atoms with E-state index in [2.05, 4.69) is 18.5 Å². The molecule has 0 amide bonds. The number of aliphatic hydroxyl groups is 1. The Morgan fingerprint density at radius 1 is 1.36 bits per heavy atom. The molecule has 4 aliphatic rings. The van der Waals surface area contributed by atoms with E-state index in [0.717, 1.165) is 43.4 Å². The molecule has 1 saturated heterocycles. The number of ether oxygens (including phenoxy) is 1. The Kier molecular flexibility index (Phi) is 2.17. The molecule has 22 heavy (non-hydrogen) atoms. The van der Waals surface area contributed by atoms with Crippen molar-refractivity contribution >= 4 is 0 Å². The Hall–Kier alpha value is -1.52. The number of likely N-dealkylation sites (N-methyl/N-ethyl adjacent to an activating group) is 1. The van der Waals surface area contributed by atoms with Crippen LogP contribution in [0.1, 0.15) is 30.4 Å². The van der Waals surface area contributed by atoms with Gasteiger partial charge in [-0.2, -0.15) is 0 Å². The molecule has 4 unspecified atom stereocenters. The van der Waals surface area contributed by atoms with Gasteiger partial charge >= 0.3 is 0 Å². The quantitative estimate of drug-likeness (QED) is 0.717. The van der Waals surface area contributed by atoms with Crippen molar-refractivity contribution in [3.63, 3.8) is 0 Å². The van der Waals surface area contributed by atoms with Crippen molar-refractivity contribution in [2.45, 2.75) is 48.8 Å². The fourth-order valence-corrected chi connectivity index (χ4v) is 5.66. The number of phenols is 1. The monoisotopic (exact) mass is 299 g/mol. The van der Waals surface area contributed by atoms with E-state index in [0.29, 0.717) is 5.75 Å². The molecule has 1 aromatic carbocycles. The number of hydrogen-bond acceptors (Lipinski definition) is 4. The van der Waals surface area contributed by atoms with Crippen LogP contribution in [0.3, 0.4) is 0 Å². The van der Waals surface area contributed by atoms with Gasteiger partial charge in [0.1, 0.15) is 6.10 Å². The number of phenolic OH excluding ortho intramolecular Hbond substituents is 1. The first-order chi connectivity index (χ1) is 10.5. The van der Waals surface area contributed by atoms with E-state index < -0.39 is 11.0 Å². The molecule has 4 atom stereocenters. The van der Waals surface area contributed by atoms with Gasteiger partial charge in [-0.1, -0.05) is 12.6 Å². The highest BCUT2D eigenvalue weighted by Crippen LogP contribution is 2.65. The van der Waals surface area contributed by atoms with Crippen molar-refractivity contribution in [3.8, 4) is 11.5 Å². The second-order valence-electron chi connectivity index (χ2n) is 7.45. The molecule has 4 heteroatoms. The summed E-state index contributed by atoms with van der Waals surface area (Å²) in [6, 6.07) is 3.85. The highest BCUT2D eigenvalue weighted by molar-refractivity contribution is 5.63. The molecule has 116 valence electrons. The lowest BCUT2D eigenvalue weighted by Gasteiger charge is -2.62. The van der Waals surface area contributed by atoms with Gasteiger partial charge in [0.25, 0.3) is 0 Å². The number of likely N-dealkylation sites (tertiary alicyclic amines) is 1. The summed E-state index contributed by atoms with van der Waals surface area (Å²) < 4.78 is 6.19. The summed E-state index contributed by atoms with van der Waals surface area (Å²) in [6.45, 7) is 5.16. The van der Waals surface area contributed by atoms with Crippen LogP contribution in [-0.2, 0) is 11.8 Å². The van der Waals surface area contributed by atoms with Gasteiger partial charge in [-0.25, -0.2) is 0 Å². The first kappa shape index (κ1) is 13.0. The number of hydrogen-bond donors (Lipinski definition) is 2. The van der Waals surface area contributed by atoms with Crippen molar-refractivity contribution in [1.29, 1.82) is 0 Å². The summed E-state index contributed by atoms with van der Waals surface area (Å²) in [6.07, 6.45) is 2.99. The second-order valence-corrected chi connectivity index (χ2v) is 7.45. The minimum atomic E-state index is -0.794. The molecule has 2 heterocycles. The summed E-state index contributed by atoms with van der Waals surface area (Å²) in [5.41, 5.74) is 2.10. The van der Waals surface area contributed by atoms with Crippen molar-refractivity contribution in [2.24, 2.45) is 0 Å². The topological polar surface area (TPSA) is 52.9 Å². The van der Waals surface area contributed by atoms with E-state index in [1.165, 1.54) is 5.56 Å². The molecular formula is C18H21NO3. The number of nitrogens with zero attached hydrogens (tertiary/aromatic N) is 1. The highest BCUT2D eigenvalue weighted by atomic mass is 16.5. The Balaban J connectivity index is 1.88. The molecule has 5 rings (SSSR count). The maximum Gasteiger partial charge on any atom is 0.166 e. The van der Waals surface area contributed by atoms with Crippen LogP contribution >= 0.6 is 0 Å². The number of rotatable bonds is 0. The maximum atomic E-state index is 11.7. The third-order valence-corrected chi connectivity index (χ3v) is 6.68. The maximum absolute atomic E-state index is 11.7. The molecule has 0 radical (unpaired) electrons. The Labute approximate surface area is 130 Å². The van der Waals surface area contributed by atoms with E-state index in [9.17, 15) is 10.2 Å². The van der Waals surface area contributed by atoms with Crippen LogP contribution in [-0.4, -0.2) is 46.5 Å². The van der Waals surface area contributed by atoms with Crippen molar-refractivity contribution < 1.29 is 14.9 Å². The summed E-state index contributed by atoms with van der Waals surface area (Å²) in [5, 5.41) is 22.0. The largest absolute Gasteiger partial charge is 0.504 e. The molecule has 4 nitrogen and oxygen atoms in total. The summed E-state index contributed by atoms with van der Waals surface area (Å²) >= 11 is 0. The highest BCUT2D eigenvalue weighted by Gasteiger charge is 2.71. The van der Waals surface area contributed by atoms with Gasteiger partial charge in [-0.15, -0.1) is 0 Å². The lowest BCUT2D eigenvalue weighted by atomic mass is 9.48. The fraction of sp³-hybridized carbons (Fsp3) is 0.556. The minimum Gasteiger partial charge on any atom is -0.504 e. The van der Waals surface area contributed by atoms with E-state index in [-0.39, 0.29) is 17.9 Å². The van der Waals surface area contributed by atoms with Crippen LogP contribution in [0.5, 0.6) is 11.5 Å². The third-order valence-electron chi connectivity index (χ3n) is 6.68. The van der Waals surface area contributed by atoms with Crippen molar-refractivity contribution in [1.82, 2.24) is 4.90 Å². The average molecular weight is 299 g/mol. The predicted octanol–water partition coefficient (Wildman–Crippen LogP) is 1.73. The molecule has 2 aliphatic heterocycles. The van der Waals surface area contributed by atoms with Gasteiger partial charge < -0.3 is 19.8 Å². The van der Waals surface area contributed by atoms with Crippen molar-refractivity contribution in [3.05, 3.63) is 35.4 Å². The zero-order valence-electron chi connectivity index (χ0n) is 12.8. The van der Waals surface area contributed by atoms with Crippen molar-refractivity contribution in [2.75, 3.05) is 13.6 Å². The van der Waals surface area contributed by atoms with Crippen LogP contribution in [0.4, 0.5) is 0 Å². The molecule has 0 aromatic heterocycles. The lowest BCUT2D eigenvalue weighted by Crippen LogP contribution is -2.74. The molecule has 2 N–H and O–H groups in total. The third kappa shape index (κ3) is 1.14. The first-order valence-corrected chi connectivity index (χ1v) is 8.11. The lowest BCUT2D eigenvalue weighted by molar-refractivity contribution is -0.168. The summed E-state index contributed by atoms with van der Waals surface area (Å²) in [5.74, 6) is 0.780. The van der Waals surface area contributed by atoms with Gasteiger partial charge in [0.15, 0.2) is 11.5 Å². The summed E-state index contributed by atoms with van der Waals surface area (Å²) in [7, 11) is 2.11. The number of benzene rings is 1. The number of piperidine rings is 1. The van der Waals surface area contributed by atoms with Crippen LogP contribution < -0.4 is 4.74 Å². The van der Waals surface area contributed by atoms with Gasteiger partial charge in [0.2, 0.25) is 0 Å². The van der Waals surface area contributed by atoms with Crippen LogP contribution in [0.15, 0.2) is 24.3 Å².